The van der Waals surface area contributed by atoms with E-state index in [1.165, 1.54) is 13.0 Å². The number of aliphatic carboxylic acids is 1. The van der Waals surface area contributed by atoms with Crippen LogP contribution in [0.25, 0.3) is 6.08 Å². The Kier molecular flexibility index (Phi) is 3.93. The van der Waals surface area contributed by atoms with Crippen molar-refractivity contribution in [2.45, 2.75) is 6.92 Å². The number of phenols is 1. The lowest BCUT2D eigenvalue weighted by Gasteiger charge is -2.02. The largest absolute Gasteiger partial charge is 0.506 e. The molecule has 0 aliphatic carbocycles. The Bertz CT molecular complexity index is 415. The summed E-state index contributed by atoms with van der Waals surface area (Å²) >= 11 is 6.33. The minimum atomic E-state index is -0.963. The first-order valence-electron chi connectivity index (χ1n) is 4.01. The first kappa shape index (κ1) is 12.3. The van der Waals surface area contributed by atoms with E-state index in [1.807, 2.05) is 0 Å². The summed E-state index contributed by atoms with van der Waals surface area (Å²) in [4.78, 5) is 10.6. The highest BCUT2D eigenvalue weighted by Crippen LogP contribution is 2.33. The molecular weight excluding hydrogens is 328 g/mol. The quantitative estimate of drug-likeness (QED) is 0.814. The number of aromatic hydroxyl groups is 1. The van der Waals surface area contributed by atoms with Gasteiger partial charge in [0.05, 0.1) is 8.95 Å². The van der Waals surface area contributed by atoms with Gasteiger partial charge in [-0.15, -0.1) is 0 Å². The Hall–Kier alpha value is -0.810. The Balaban J connectivity index is 3.18. The average molecular weight is 336 g/mol. The third-order valence-electron chi connectivity index (χ3n) is 1.76. The molecule has 0 aliphatic heterocycles. The van der Waals surface area contributed by atoms with E-state index in [1.54, 1.807) is 12.1 Å². The van der Waals surface area contributed by atoms with Crippen LogP contribution in [0.15, 0.2) is 26.7 Å². The normalized spacial score (nSPS) is 11.5. The van der Waals surface area contributed by atoms with Gasteiger partial charge in [-0.05, 0) is 62.6 Å². The van der Waals surface area contributed by atoms with Crippen LogP contribution in [-0.2, 0) is 4.79 Å². The van der Waals surface area contributed by atoms with Gasteiger partial charge in [0.25, 0.3) is 0 Å². The van der Waals surface area contributed by atoms with Crippen LogP contribution in [0, 0.1) is 0 Å². The van der Waals surface area contributed by atoms with Gasteiger partial charge < -0.3 is 10.2 Å². The second kappa shape index (κ2) is 4.81. The van der Waals surface area contributed by atoms with E-state index in [2.05, 4.69) is 31.9 Å². The van der Waals surface area contributed by atoms with E-state index in [9.17, 15) is 9.90 Å². The molecule has 0 saturated heterocycles. The molecule has 0 atom stereocenters. The summed E-state index contributed by atoms with van der Waals surface area (Å²) in [6.45, 7) is 1.51. The molecule has 0 heterocycles. The van der Waals surface area contributed by atoms with E-state index in [0.29, 0.717) is 14.5 Å². The number of hydrogen-bond donors (Lipinski definition) is 2. The van der Waals surface area contributed by atoms with Crippen LogP contribution in [0.1, 0.15) is 12.5 Å². The second-order valence-electron chi connectivity index (χ2n) is 2.97. The van der Waals surface area contributed by atoms with Gasteiger partial charge in [0.15, 0.2) is 0 Å². The lowest BCUT2D eigenvalue weighted by Crippen LogP contribution is -1.95. The number of rotatable bonds is 2. The van der Waals surface area contributed by atoms with Crippen LogP contribution in [0.3, 0.4) is 0 Å². The van der Waals surface area contributed by atoms with E-state index in [-0.39, 0.29) is 11.3 Å². The van der Waals surface area contributed by atoms with Gasteiger partial charge in [0.2, 0.25) is 0 Å². The molecule has 0 spiro atoms. The topological polar surface area (TPSA) is 57.5 Å². The van der Waals surface area contributed by atoms with Crippen LogP contribution in [-0.4, -0.2) is 16.2 Å². The van der Waals surface area contributed by atoms with Crippen LogP contribution in [0.5, 0.6) is 5.75 Å². The molecule has 1 aromatic rings. The summed E-state index contributed by atoms with van der Waals surface area (Å²) in [6.07, 6.45) is 1.53. The minimum absolute atomic E-state index is 0.0973. The number of phenolic OH excluding ortho intramolecular Hbond substituents is 1. The number of hydrogen-bond acceptors (Lipinski definition) is 2. The maximum atomic E-state index is 10.6. The molecule has 0 aromatic heterocycles. The Morgan fingerprint density at radius 2 is 1.80 bits per heavy atom. The molecule has 80 valence electrons. The van der Waals surface area contributed by atoms with Crippen molar-refractivity contribution in [2.24, 2.45) is 0 Å². The van der Waals surface area contributed by atoms with E-state index < -0.39 is 5.97 Å². The summed E-state index contributed by atoms with van der Waals surface area (Å²) in [5.74, 6) is -0.865. The van der Waals surface area contributed by atoms with Gasteiger partial charge >= 0.3 is 5.97 Å². The van der Waals surface area contributed by atoms with E-state index in [4.69, 9.17) is 5.11 Å². The fourth-order valence-electron chi connectivity index (χ4n) is 0.980. The van der Waals surface area contributed by atoms with Crippen molar-refractivity contribution in [3.8, 4) is 5.75 Å². The Morgan fingerprint density at radius 3 is 2.20 bits per heavy atom. The highest BCUT2D eigenvalue weighted by Gasteiger charge is 2.06. The molecule has 0 saturated carbocycles. The van der Waals surface area contributed by atoms with Gasteiger partial charge in [0, 0.05) is 5.57 Å². The molecule has 0 fully saturated rings. The van der Waals surface area contributed by atoms with Crippen LogP contribution >= 0.6 is 31.9 Å². The summed E-state index contributed by atoms with van der Waals surface area (Å²) < 4.78 is 1.03. The molecule has 0 amide bonds. The molecule has 0 aliphatic rings. The molecule has 5 heteroatoms. The number of benzene rings is 1. The minimum Gasteiger partial charge on any atom is -0.506 e. The maximum absolute atomic E-state index is 10.6. The predicted octanol–water partition coefficient (Wildman–Crippen LogP) is 3.41. The molecule has 1 rings (SSSR count). The van der Waals surface area contributed by atoms with Gasteiger partial charge in [0.1, 0.15) is 5.75 Å². The van der Waals surface area contributed by atoms with Crippen molar-refractivity contribution in [3.63, 3.8) is 0 Å². The number of carboxylic acids is 1. The van der Waals surface area contributed by atoms with Gasteiger partial charge in [-0.3, -0.25) is 0 Å². The van der Waals surface area contributed by atoms with Crippen molar-refractivity contribution in [3.05, 3.63) is 32.2 Å². The number of carboxylic acid groups (broad SMARTS) is 1. The molecule has 0 radical (unpaired) electrons. The summed E-state index contributed by atoms with van der Waals surface area (Å²) in [5, 5.41) is 18.1. The van der Waals surface area contributed by atoms with Crippen molar-refractivity contribution in [1.29, 1.82) is 0 Å². The smallest absolute Gasteiger partial charge is 0.331 e. The summed E-state index contributed by atoms with van der Waals surface area (Å²) in [6, 6.07) is 3.29. The van der Waals surface area contributed by atoms with Crippen LogP contribution in [0.2, 0.25) is 0 Å². The lowest BCUT2D eigenvalue weighted by atomic mass is 10.1. The Labute approximate surface area is 104 Å². The lowest BCUT2D eigenvalue weighted by molar-refractivity contribution is -0.132. The summed E-state index contributed by atoms with van der Waals surface area (Å²) in [7, 11) is 0. The van der Waals surface area contributed by atoms with E-state index >= 15 is 0 Å². The third kappa shape index (κ3) is 3.07. The summed E-state index contributed by atoms with van der Waals surface area (Å²) in [5.41, 5.74) is 0.936. The zero-order chi connectivity index (χ0) is 11.6. The van der Waals surface area contributed by atoms with Gasteiger partial charge in [-0.2, -0.15) is 0 Å². The van der Waals surface area contributed by atoms with Crippen molar-refractivity contribution in [1.82, 2.24) is 0 Å². The zero-order valence-electron chi connectivity index (χ0n) is 7.79. The standard InChI is InChI=1S/C10H8Br2O3/c1-5(10(14)15)2-6-3-7(11)9(13)8(12)4-6/h2-4,13H,1H3,(H,14,15)/b5-2-. The zero-order valence-corrected chi connectivity index (χ0v) is 11.0. The predicted molar refractivity (Wildman–Crippen MR) is 64.8 cm³/mol. The van der Waals surface area contributed by atoms with Crippen molar-refractivity contribution < 1.29 is 15.0 Å². The Morgan fingerprint density at radius 1 is 1.33 bits per heavy atom. The fourth-order valence-corrected chi connectivity index (χ4v) is 2.20. The van der Waals surface area contributed by atoms with Crippen molar-refractivity contribution >= 4 is 43.9 Å². The molecule has 0 unspecified atom stereocenters. The third-order valence-corrected chi connectivity index (χ3v) is 2.97. The van der Waals surface area contributed by atoms with Gasteiger partial charge in [-0.25, -0.2) is 4.79 Å². The molecule has 15 heavy (non-hydrogen) atoms. The van der Waals surface area contributed by atoms with Gasteiger partial charge in [-0.1, -0.05) is 0 Å². The van der Waals surface area contributed by atoms with Crippen molar-refractivity contribution in [2.75, 3.05) is 0 Å². The maximum Gasteiger partial charge on any atom is 0.331 e. The van der Waals surface area contributed by atoms with Crippen LogP contribution < -0.4 is 0 Å². The SMILES string of the molecule is C/C(=C/c1cc(Br)c(O)c(Br)c1)C(=O)O. The molecular formula is C10H8Br2O3. The second-order valence-corrected chi connectivity index (χ2v) is 4.67. The average Bonchev–Trinajstić information content (AvgIpc) is 2.13. The van der Waals surface area contributed by atoms with E-state index in [0.717, 1.165) is 0 Å². The molecule has 3 nitrogen and oxygen atoms in total. The highest BCUT2D eigenvalue weighted by atomic mass is 79.9. The number of halogens is 2. The monoisotopic (exact) mass is 334 g/mol. The molecule has 0 bridgehead atoms. The highest BCUT2D eigenvalue weighted by molar-refractivity contribution is 9.11. The number of carbonyl (C=O) groups is 1. The van der Waals surface area contributed by atoms with Crippen LogP contribution in [0.4, 0.5) is 0 Å². The first-order valence-corrected chi connectivity index (χ1v) is 5.60. The first-order chi connectivity index (χ1) is 6.91. The molecule has 2 N–H and O–H groups in total. The molecule has 1 aromatic carbocycles. The fraction of sp³-hybridized carbons (Fsp3) is 0.100.